The Morgan fingerprint density at radius 1 is 0.367 bits per heavy atom. The van der Waals surface area contributed by atoms with Gasteiger partial charge in [0, 0.05) is 33.0 Å². The lowest BCUT2D eigenvalue weighted by Gasteiger charge is -2.29. The van der Waals surface area contributed by atoms with E-state index in [9.17, 15) is 0 Å². The third-order valence-corrected chi connectivity index (χ3v) is 9.65. The number of para-hydroxylation sites is 4. The van der Waals surface area contributed by atoms with Crippen molar-refractivity contribution in [2.24, 2.45) is 0 Å². The first-order chi connectivity index (χ1) is 24.3. The third kappa shape index (κ3) is 4.44. The van der Waals surface area contributed by atoms with Gasteiger partial charge in [-0.05, 0) is 70.4 Å². The van der Waals surface area contributed by atoms with E-state index < -0.39 is 0 Å². The number of furan rings is 2. The van der Waals surface area contributed by atoms with Crippen LogP contribution >= 0.6 is 0 Å². The molecule has 49 heavy (non-hydrogen) atoms. The van der Waals surface area contributed by atoms with Gasteiger partial charge in [-0.15, -0.1) is 0 Å². The predicted molar refractivity (Wildman–Crippen MR) is 204 cm³/mol. The Morgan fingerprint density at radius 3 is 1.92 bits per heavy atom. The van der Waals surface area contributed by atoms with E-state index in [1.165, 1.54) is 16.3 Å². The second-order valence-electron chi connectivity index (χ2n) is 12.5. The van der Waals surface area contributed by atoms with Crippen molar-refractivity contribution in [1.29, 1.82) is 0 Å². The van der Waals surface area contributed by atoms with Crippen LogP contribution in [0.2, 0.25) is 0 Å². The number of nitrogens with zero attached hydrogens (tertiary/aromatic N) is 1. The summed E-state index contributed by atoms with van der Waals surface area (Å²) in [4.78, 5) is 2.38. The van der Waals surface area contributed by atoms with Gasteiger partial charge >= 0.3 is 0 Å². The van der Waals surface area contributed by atoms with Crippen molar-refractivity contribution in [3.8, 4) is 22.3 Å². The summed E-state index contributed by atoms with van der Waals surface area (Å²) in [5.74, 6) is 0. The Morgan fingerprint density at radius 2 is 1.00 bits per heavy atom. The van der Waals surface area contributed by atoms with Gasteiger partial charge in [0.15, 0.2) is 0 Å². The molecule has 0 aliphatic heterocycles. The first-order valence-electron chi connectivity index (χ1n) is 16.6. The number of fused-ring (bicyclic) bond motifs is 7. The van der Waals surface area contributed by atoms with Crippen molar-refractivity contribution in [1.82, 2.24) is 0 Å². The molecule has 2 heterocycles. The molecule has 3 heteroatoms. The molecule has 10 aromatic rings. The summed E-state index contributed by atoms with van der Waals surface area (Å²) in [7, 11) is 0. The maximum atomic E-state index is 6.58. The van der Waals surface area contributed by atoms with E-state index >= 15 is 0 Å². The molecule has 0 N–H and O–H groups in total. The molecule has 0 spiro atoms. The summed E-state index contributed by atoms with van der Waals surface area (Å²) < 4.78 is 13.0. The average molecular weight is 628 g/mol. The van der Waals surface area contributed by atoms with Crippen LogP contribution in [-0.4, -0.2) is 0 Å². The monoisotopic (exact) mass is 627 g/mol. The molecule has 0 saturated heterocycles. The average Bonchev–Trinajstić information content (AvgIpc) is 3.74. The zero-order valence-corrected chi connectivity index (χ0v) is 26.5. The minimum absolute atomic E-state index is 0.853. The molecule has 230 valence electrons. The van der Waals surface area contributed by atoms with E-state index in [4.69, 9.17) is 8.83 Å². The molecule has 8 aromatic carbocycles. The smallest absolute Gasteiger partial charge is 0.143 e. The van der Waals surface area contributed by atoms with E-state index in [1.54, 1.807) is 0 Å². The van der Waals surface area contributed by atoms with Crippen LogP contribution in [0.15, 0.2) is 185 Å². The maximum Gasteiger partial charge on any atom is 0.143 e. The Balaban J connectivity index is 1.25. The second kappa shape index (κ2) is 11.0. The van der Waals surface area contributed by atoms with Gasteiger partial charge in [-0.25, -0.2) is 0 Å². The molecule has 3 nitrogen and oxygen atoms in total. The van der Waals surface area contributed by atoms with Crippen LogP contribution in [0.25, 0.3) is 76.9 Å². The summed E-state index contributed by atoms with van der Waals surface area (Å²) in [6.07, 6.45) is 0. The number of hydrogen-bond acceptors (Lipinski definition) is 3. The SMILES string of the molecule is c1cc(-c2ccc3ccccc3c2)cc(N(c2ccccc2-c2cccc3c2oc2ccccc23)c2cccc3oc4ccccc4c23)c1. The standard InChI is InChI=1S/C46H29NO2/c1-2-13-31-28-33(27-26-30(31)12-1)32-14-9-15-34(29-32)47(41-22-11-25-44-45(41)39-18-5-8-24-43(39)48-44)40-21-6-3-16-35(40)37-19-10-20-38-36-17-4-7-23-42(36)49-46(37)38/h1-29H. The molecule has 0 radical (unpaired) electrons. The summed E-state index contributed by atoms with van der Waals surface area (Å²) in [6.45, 7) is 0. The normalized spacial score (nSPS) is 11.7. The highest BCUT2D eigenvalue weighted by molar-refractivity contribution is 6.15. The zero-order chi connectivity index (χ0) is 32.3. The summed E-state index contributed by atoms with van der Waals surface area (Å²) in [6, 6.07) is 62.0. The van der Waals surface area contributed by atoms with Gasteiger partial charge in [0.2, 0.25) is 0 Å². The van der Waals surface area contributed by atoms with Crippen LogP contribution in [0.1, 0.15) is 0 Å². The summed E-state index contributed by atoms with van der Waals surface area (Å²) >= 11 is 0. The highest BCUT2D eigenvalue weighted by Crippen LogP contribution is 2.48. The number of anilines is 3. The molecule has 0 bridgehead atoms. The maximum absolute atomic E-state index is 6.58. The molecule has 0 aliphatic carbocycles. The molecule has 0 unspecified atom stereocenters. The summed E-state index contributed by atoms with van der Waals surface area (Å²) in [5.41, 5.74) is 11.1. The third-order valence-electron chi connectivity index (χ3n) is 9.65. The first-order valence-corrected chi connectivity index (χ1v) is 16.6. The fraction of sp³-hybridized carbons (Fsp3) is 0. The minimum Gasteiger partial charge on any atom is -0.456 e. The van der Waals surface area contributed by atoms with E-state index in [-0.39, 0.29) is 0 Å². The van der Waals surface area contributed by atoms with Crippen molar-refractivity contribution in [3.63, 3.8) is 0 Å². The van der Waals surface area contributed by atoms with Crippen molar-refractivity contribution in [2.75, 3.05) is 4.90 Å². The Kier molecular flexibility index (Phi) is 6.18. The lowest BCUT2D eigenvalue weighted by Crippen LogP contribution is -2.11. The highest BCUT2D eigenvalue weighted by Gasteiger charge is 2.23. The number of benzene rings is 8. The van der Waals surface area contributed by atoms with Gasteiger partial charge in [-0.1, -0.05) is 127 Å². The van der Waals surface area contributed by atoms with Crippen LogP contribution in [-0.2, 0) is 0 Å². The lowest BCUT2D eigenvalue weighted by atomic mass is 9.97. The Labute approximate surface area is 282 Å². The van der Waals surface area contributed by atoms with Gasteiger partial charge < -0.3 is 13.7 Å². The molecule has 10 rings (SSSR count). The van der Waals surface area contributed by atoms with E-state index in [1.807, 2.05) is 24.3 Å². The zero-order valence-electron chi connectivity index (χ0n) is 26.5. The molecule has 0 saturated carbocycles. The van der Waals surface area contributed by atoms with Crippen LogP contribution < -0.4 is 4.90 Å². The van der Waals surface area contributed by atoms with E-state index in [2.05, 4.69) is 157 Å². The van der Waals surface area contributed by atoms with Gasteiger partial charge in [0.1, 0.15) is 22.3 Å². The number of hydrogen-bond donors (Lipinski definition) is 0. The quantitative estimate of drug-likeness (QED) is 0.190. The largest absolute Gasteiger partial charge is 0.456 e. The van der Waals surface area contributed by atoms with Crippen molar-refractivity contribution in [3.05, 3.63) is 176 Å². The van der Waals surface area contributed by atoms with Gasteiger partial charge in [0.05, 0.1) is 16.8 Å². The molecule has 0 amide bonds. The van der Waals surface area contributed by atoms with Crippen LogP contribution in [0.5, 0.6) is 0 Å². The van der Waals surface area contributed by atoms with Gasteiger partial charge in [0.25, 0.3) is 0 Å². The van der Waals surface area contributed by atoms with E-state index in [0.29, 0.717) is 0 Å². The minimum atomic E-state index is 0.853. The van der Waals surface area contributed by atoms with Gasteiger partial charge in [-0.2, -0.15) is 0 Å². The fourth-order valence-electron chi connectivity index (χ4n) is 7.40. The highest BCUT2D eigenvalue weighted by atomic mass is 16.3. The van der Waals surface area contributed by atoms with Crippen molar-refractivity contribution in [2.45, 2.75) is 0 Å². The molecule has 2 aromatic heterocycles. The Hall–Kier alpha value is -6.58. The molecular formula is C46H29NO2. The second-order valence-corrected chi connectivity index (χ2v) is 12.5. The lowest BCUT2D eigenvalue weighted by molar-refractivity contribution is 0.669. The van der Waals surface area contributed by atoms with Gasteiger partial charge in [-0.3, -0.25) is 0 Å². The predicted octanol–water partition coefficient (Wildman–Crippen LogP) is 13.4. The first kappa shape index (κ1) is 27.5. The molecular weight excluding hydrogens is 599 g/mol. The topological polar surface area (TPSA) is 29.5 Å². The molecule has 0 fully saturated rings. The Bertz CT molecular complexity index is 2860. The van der Waals surface area contributed by atoms with Crippen LogP contribution in [0.4, 0.5) is 17.1 Å². The molecule has 0 atom stereocenters. The number of rotatable bonds is 5. The van der Waals surface area contributed by atoms with Crippen LogP contribution in [0, 0.1) is 0 Å². The van der Waals surface area contributed by atoms with Crippen LogP contribution in [0.3, 0.4) is 0 Å². The van der Waals surface area contributed by atoms with Crippen molar-refractivity contribution >= 4 is 71.7 Å². The van der Waals surface area contributed by atoms with Crippen molar-refractivity contribution < 1.29 is 8.83 Å². The van der Waals surface area contributed by atoms with E-state index in [0.717, 1.165) is 77.6 Å². The molecule has 0 aliphatic rings. The summed E-state index contributed by atoms with van der Waals surface area (Å²) in [5, 5.41) is 6.84. The fourth-order valence-corrected chi connectivity index (χ4v) is 7.40.